The topological polar surface area (TPSA) is 125 Å². The summed E-state index contributed by atoms with van der Waals surface area (Å²) in [5.41, 5.74) is 9.02. The number of piperidine rings is 2. The Kier molecular flexibility index (Phi) is 6.07. The van der Waals surface area contributed by atoms with Crippen LogP contribution < -0.4 is 16.0 Å². The average molecular weight is 474 g/mol. The summed E-state index contributed by atoms with van der Waals surface area (Å²) in [7, 11) is 0. The highest BCUT2D eigenvalue weighted by molar-refractivity contribution is 6.27. The number of hydrogen-bond acceptors (Lipinski definition) is 6. The third-order valence-corrected chi connectivity index (χ3v) is 7.05. The van der Waals surface area contributed by atoms with Gasteiger partial charge in [0.05, 0.1) is 11.7 Å². The minimum atomic E-state index is -0.709. The van der Waals surface area contributed by atoms with Gasteiger partial charge in [-0.25, -0.2) is 0 Å². The van der Waals surface area contributed by atoms with Gasteiger partial charge in [-0.3, -0.25) is 34.4 Å². The van der Waals surface area contributed by atoms with E-state index in [0.717, 1.165) is 41.2 Å². The summed E-state index contributed by atoms with van der Waals surface area (Å²) in [6.45, 7) is 1.42. The molecule has 2 saturated heterocycles. The molecular weight excluding hydrogens is 446 g/mol. The summed E-state index contributed by atoms with van der Waals surface area (Å²) in [6.07, 6.45) is 6.94. The highest BCUT2D eigenvalue weighted by atomic mass is 16.2. The Labute approximate surface area is 202 Å². The molecule has 0 aliphatic carbocycles. The van der Waals surface area contributed by atoms with Crippen molar-refractivity contribution in [2.75, 3.05) is 18.0 Å². The number of benzene rings is 2. The van der Waals surface area contributed by atoms with Gasteiger partial charge in [0.15, 0.2) is 0 Å². The molecule has 2 aromatic carbocycles. The lowest BCUT2D eigenvalue weighted by Gasteiger charge is -2.30. The van der Waals surface area contributed by atoms with Crippen molar-refractivity contribution in [3.8, 4) is 0 Å². The lowest BCUT2D eigenvalue weighted by Crippen LogP contribution is -2.53. The number of rotatable bonds is 6. The van der Waals surface area contributed by atoms with E-state index < -0.39 is 11.9 Å². The van der Waals surface area contributed by atoms with Crippen LogP contribution in [0.25, 0.3) is 10.8 Å². The highest BCUT2D eigenvalue weighted by Gasteiger charge is 2.40. The molecule has 9 nitrogen and oxygen atoms in total. The van der Waals surface area contributed by atoms with Crippen LogP contribution in [-0.4, -0.2) is 60.4 Å². The number of hydrogen-bond donors (Lipinski definition) is 2. The number of amides is 4. The van der Waals surface area contributed by atoms with Gasteiger partial charge in [-0.2, -0.15) is 0 Å². The molecule has 180 valence electrons. The van der Waals surface area contributed by atoms with Gasteiger partial charge in [-0.15, -0.1) is 0 Å². The fourth-order valence-corrected chi connectivity index (χ4v) is 5.17. The van der Waals surface area contributed by atoms with Gasteiger partial charge in [-0.1, -0.05) is 18.2 Å². The number of anilines is 1. The first-order chi connectivity index (χ1) is 17.0. The van der Waals surface area contributed by atoms with Crippen molar-refractivity contribution in [3.63, 3.8) is 0 Å². The largest absolute Gasteiger partial charge is 0.404 e. The Morgan fingerprint density at radius 1 is 1.11 bits per heavy atom. The van der Waals surface area contributed by atoms with Crippen molar-refractivity contribution < 1.29 is 19.2 Å². The van der Waals surface area contributed by atoms with Crippen LogP contribution in [0.3, 0.4) is 0 Å². The summed E-state index contributed by atoms with van der Waals surface area (Å²) in [5, 5.41) is 4.09. The van der Waals surface area contributed by atoms with Crippen LogP contribution >= 0.6 is 0 Å². The third kappa shape index (κ3) is 4.18. The summed E-state index contributed by atoms with van der Waals surface area (Å²) < 4.78 is 0. The van der Waals surface area contributed by atoms with Crippen LogP contribution in [0.1, 0.15) is 41.6 Å². The number of nitrogens with zero attached hydrogens (tertiary/aromatic N) is 3. The van der Waals surface area contributed by atoms with Crippen molar-refractivity contribution in [2.24, 2.45) is 10.7 Å². The van der Waals surface area contributed by atoms with Crippen LogP contribution in [0, 0.1) is 0 Å². The summed E-state index contributed by atoms with van der Waals surface area (Å²) >= 11 is 0. The van der Waals surface area contributed by atoms with Crippen LogP contribution in [0.4, 0.5) is 5.69 Å². The first-order valence-corrected chi connectivity index (χ1v) is 11.9. The predicted octanol–water partition coefficient (Wildman–Crippen LogP) is 1.68. The maximum Gasteiger partial charge on any atom is 0.259 e. The molecule has 2 fully saturated rings. The standard InChI is InChI=1S/C26H27N5O4/c27-13-16(14-28-18-8-10-30(15-32)11-9-18)12-17-4-5-21-24-19(17)2-1-3-20(24)26(35)31(21)22-6-7-23(33)29-25(22)34/h1-5,13-15,18,22H,6-12,27H2,(H,29,33,34). The molecule has 0 saturated carbocycles. The molecule has 2 aromatic rings. The SMILES string of the molecule is NC=C(C=NC1CCN(C=O)CC1)Cc1ccc2c3c(cccc13)C(=O)N2C1CCC(=O)NC1=O. The molecule has 3 aliphatic heterocycles. The van der Waals surface area contributed by atoms with E-state index in [2.05, 4.69) is 5.32 Å². The number of carbonyl (C=O) groups is 4. The first-order valence-electron chi connectivity index (χ1n) is 11.9. The van der Waals surface area contributed by atoms with Crippen LogP contribution in [0.15, 0.2) is 47.1 Å². The minimum Gasteiger partial charge on any atom is -0.404 e. The van der Waals surface area contributed by atoms with Crippen LogP contribution in [0.2, 0.25) is 0 Å². The van der Waals surface area contributed by atoms with Gasteiger partial charge in [0.1, 0.15) is 6.04 Å². The van der Waals surface area contributed by atoms with E-state index in [1.54, 1.807) is 17.2 Å². The molecular formula is C26H27N5O4. The Hall–Kier alpha value is -4.01. The van der Waals surface area contributed by atoms with Gasteiger partial charge >= 0.3 is 0 Å². The molecule has 4 amide bonds. The predicted molar refractivity (Wildman–Crippen MR) is 132 cm³/mol. The first kappa shape index (κ1) is 22.8. The monoisotopic (exact) mass is 473 g/mol. The fourth-order valence-electron chi connectivity index (χ4n) is 5.17. The zero-order valence-corrected chi connectivity index (χ0v) is 19.3. The number of aliphatic imine (C=N–C) groups is 1. The lowest BCUT2D eigenvalue weighted by molar-refractivity contribution is -0.134. The second-order valence-corrected chi connectivity index (χ2v) is 9.18. The number of nitrogens with one attached hydrogen (secondary N) is 1. The molecule has 5 rings (SSSR count). The molecule has 35 heavy (non-hydrogen) atoms. The maximum atomic E-state index is 13.3. The molecule has 3 heterocycles. The smallest absolute Gasteiger partial charge is 0.259 e. The molecule has 1 unspecified atom stereocenters. The Balaban J connectivity index is 1.40. The number of nitrogens with two attached hydrogens (primary N) is 1. The Bertz CT molecular complexity index is 1280. The van der Waals surface area contributed by atoms with Gasteiger partial charge in [0.2, 0.25) is 18.2 Å². The molecule has 0 radical (unpaired) electrons. The Morgan fingerprint density at radius 3 is 2.63 bits per heavy atom. The second kappa shape index (κ2) is 9.32. The molecule has 1 atom stereocenters. The number of likely N-dealkylation sites (tertiary alicyclic amines) is 1. The third-order valence-electron chi connectivity index (χ3n) is 7.05. The summed E-state index contributed by atoms with van der Waals surface area (Å²) in [4.78, 5) is 56.3. The number of allylic oxidation sites excluding steroid dienone is 1. The normalized spacial score (nSPS) is 21.3. The summed E-state index contributed by atoms with van der Waals surface area (Å²) in [6, 6.07) is 8.87. The van der Waals surface area contributed by atoms with E-state index in [0.29, 0.717) is 37.2 Å². The van der Waals surface area contributed by atoms with Gasteiger partial charge < -0.3 is 10.6 Å². The Morgan fingerprint density at radius 2 is 1.91 bits per heavy atom. The van der Waals surface area contributed by atoms with E-state index in [9.17, 15) is 19.2 Å². The van der Waals surface area contributed by atoms with Gasteiger partial charge in [0, 0.05) is 43.1 Å². The number of imide groups is 1. The van der Waals surface area contributed by atoms with E-state index >= 15 is 0 Å². The molecule has 9 heteroatoms. The highest BCUT2D eigenvalue weighted by Crippen LogP contribution is 2.41. The molecule has 0 spiro atoms. The molecule has 0 aromatic heterocycles. The number of carbonyl (C=O) groups excluding carboxylic acids is 4. The van der Waals surface area contributed by atoms with Crippen molar-refractivity contribution in [1.82, 2.24) is 10.2 Å². The van der Waals surface area contributed by atoms with Crippen molar-refractivity contribution in [1.29, 1.82) is 0 Å². The summed E-state index contributed by atoms with van der Waals surface area (Å²) in [5.74, 6) is -0.980. The van der Waals surface area contributed by atoms with Crippen molar-refractivity contribution in [2.45, 2.75) is 44.2 Å². The fraction of sp³-hybridized carbons (Fsp3) is 0.346. The minimum absolute atomic E-state index is 0.161. The lowest BCUT2D eigenvalue weighted by atomic mass is 9.96. The van der Waals surface area contributed by atoms with Crippen LogP contribution in [0.5, 0.6) is 0 Å². The van der Waals surface area contributed by atoms with E-state index in [1.807, 2.05) is 30.5 Å². The van der Waals surface area contributed by atoms with Gasteiger partial charge in [-0.05, 0) is 54.1 Å². The van der Waals surface area contributed by atoms with Crippen molar-refractivity contribution >= 4 is 46.8 Å². The molecule has 0 bridgehead atoms. The van der Waals surface area contributed by atoms with E-state index in [1.165, 1.54) is 4.90 Å². The second-order valence-electron chi connectivity index (χ2n) is 9.18. The van der Waals surface area contributed by atoms with Crippen molar-refractivity contribution in [3.05, 3.63) is 53.2 Å². The zero-order chi connectivity index (χ0) is 24.5. The average Bonchev–Trinajstić information content (AvgIpc) is 3.16. The molecule has 3 N–H and O–H groups in total. The maximum absolute atomic E-state index is 13.3. The molecule has 3 aliphatic rings. The quantitative estimate of drug-likeness (QED) is 0.375. The van der Waals surface area contributed by atoms with Gasteiger partial charge in [0.25, 0.3) is 5.91 Å². The van der Waals surface area contributed by atoms with Crippen LogP contribution in [-0.2, 0) is 20.8 Å². The van der Waals surface area contributed by atoms with E-state index in [-0.39, 0.29) is 24.3 Å². The van der Waals surface area contributed by atoms with E-state index in [4.69, 9.17) is 10.7 Å². The zero-order valence-electron chi connectivity index (χ0n) is 19.3.